The van der Waals surface area contributed by atoms with Gasteiger partial charge in [-0.2, -0.15) is 0 Å². The lowest BCUT2D eigenvalue weighted by molar-refractivity contribution is -0.0406. The quantitative estimate of drug-likeness (QED) is 0.848. The van der Waals surface area contributed by atoms with Crippen LogP contribution in [0, 0.1) is 0 Å². The van der Waals surface area contributed by atoms with Crippen LogP contribution in [-0.2, 0) is 9.47 Å². The van der Waals surface area contributed by atoms with Gasteiger partial charge in [0.2, 0.25) is 0 Å². The Hall–Kier alpha value is -0.900. The smallest absolute Gasteiger partial charge is 0.170 e. The first-order chi connectivity index (χ1) is 8.27. The van der Waals surface area contributed by atoms with E-state index in [0.717, 1.165) is 19.8 Å². The fourth-order valence-corrected chi connectivity index (χ4v) is 2.03. The molecule has 1 aliphatic heterocycles. The van der Waals surface area contributed by atoms with Crippen molar-refractivity contribution in [3.8, 4) is 0 Å². The molecule has 0 unspecified atom stereocenters. The largest absolute Gasteiger partial charge is 0.349 e. The number of hydrogen-bond donors (Lipinski definition) is 1. The Morgan fingerprint density at radius 3 is 2.47 bits per heavy atom. The molecule has 0 saturated carbocycles. The van der Waals surface area contributed by atoms with Crippen LogP contribution in [0.2, 0.25) is 0 Å². The lowest BCUT2D eigenvalue weighted by atomic mass is 9.94. The van der Waals surface area contributed by atoms with Gasteiger partial charge >= 0.3 is 0 Å². The normalized spacial score (nSPS) is 20.4. The van der Waals surface area contributed by atoms with Crippen LogP contribution in [0.25, 0.3) is 0 Å². The molecule has 1 fully saturated rings. The van der Waals surface area contributed by atoms with Crippen molar-refractivity contribution in [1.82, 2.24) is 5.32 Å². The van der Waals surface area contributed by atoms with Gasteiger partial charge in [-0.05, 0) is 18.4 Å². The van der Waals surface area contributed by atoms with Gasteiger partial charge in [0.15, 0.2) is 6.29 Å². The molecule has 0 amide bonds. The molecule has 94 valence electrons. The van der Waals surface area contributed by atoms with Crippen molar-refractivity contribution >= 4 is 0 Å². The molecular formula is C14H21NO2. The van der Waals surface area contributed by atoms with Crippen molar-refractivity contribution in [3.05, 3.63) is 35.9 Å². The Balaban J connectivity index is 1.80. The number of hydrogen-bond acceptors (Lipinski definition) is 3. The summed E-state index contributed by atoms with van der Waals surface area (Å²) < 4.78 is 10.8. The highest BCUT2D eigenvalue weighted by atomic mass is 16.7. The third-order valence-electron chi connectivity index (χ3n) is 3.37. The van der Waals surface area contributed by atoms with E-state index >= 15 is 0 Å². The van der Waals surface area contributed by atoms with Gasteiger partial charge in [-0.1, -0.05) is 37.3 Å². The number of benzene rings is 1. The van der Waals surface area contributed by atoms with Gasteiger partial charge in [0.05, 0.1) is 13.2 Å². The van der Waals surface area contributed by atoms with E-state index in [2.05, 4.69) is 49.5 Å². The summed E-state index contributed by atoms with van der Waals surface area (Å²) in [7, 11) is 0. The van der Waals surface area contributed by atoms with Crippen LogP contribution >= 0.6 is 0 Å². The molecule has 3 heteroatoms. The highest BCUT2D eigenvalue weighted by Gasteiger charge is 2.19. The summed E-state index contributed by atoms with van der Waals surface area (Å²) in [5, 5.41) is 3.47. The van der Waals surface area contributed by atoms with Gasteiger partial charge in [0.1, 0.15) is 0 Å². The molecule has 1 aromatic rings. The summed E-state index contributed by atoms with van der Waals surface area (Å²) in [6.07, 6.45) is -0.0691. The first kappa shape index (κ1) is 12.6. The monoisotopic (exact) mass is 235 g/mol. The van der Waals surface area contributed by atoms with Crippen LogP contribution in [0.1, 0.15) is 25.3 Å². The van der Waals surface area contributed by atoms with Crippen molar-refractivity contribution in [1.29, 1.82) is 0 Å². The van der Waals surface area contributed by atoms with E-state index in [9.17, 15) is 0 Å². The Bertz CT molecular complexity index is 322. The van der Waals surface area contributed by atoms with E-state index < -0.39 is 0 Å². The second-order valence-electron chi connectivity index (χ2n) is 4.57. The van der Waals surface area contributed by atoms with Crippen molar-refractivity contribution in [2.45, 2.75) is 32.1 Å². The summed E-state index contributed by atoms with van der Waals surface area (Å²) in [4.78, 5) is 0. The number of rotatable bonds is 5. The van der Waals surface area contributed by atoms with Gasteiger partial charge in [-0.25, -0.2) is 0 Å². The minimum atomic E-state index is -0.0691. The molecule has 2 atom stereocenters. The maximum absolute atomic E-state index is 5.40. The van der Waals surface area contributed by atoms with Crippen LogP contribution in [-0.4, -0.2) is 32.1 Å². The molecule has 1 aromatic carbocycles. The average Bonchev–Trinajstić information content (AvgIpc) is 2.89. The summed E-state index contributed by atoms with van der Waals surface area (Å²) in [6, 6.07) is 11.0. The first-order valence-electron chi connectivity index (χ1n) is 6.29. The van der Waals surface area contributed by atoms with Gasteiger partial charge in [-0.15, -0.1) is 0 Å². The zero-order valence-electron chi connectivity index (χ0n) is 10.6. The molecule has 0 aromatic heterocycles. The molecule has 2 rings (SSSR count). The molecule has 1 N–H and O–H groups in total. The Kier molecular flexibility index (Phi) is 4.54. The maximum atomic E-state index is 5.40. The summed E-state index contributed by atoms with van der Waals surface area (Å²) >= 11 is 0. The molecule has 0 spiro atoms. The average molecular weight is 235 g/mol. The second-order valence-corrected chi connectivity index (χ2v) is 4.57. The minimum absolute atomic E-state index is 0.0691. The van der Waals surface area contributed by atoms with E-state index in [1.54, 1.807) is 0 Å². The minimum Gasteiger partial charge on any atom is -0.349 e. The molecule has 1 heterocycles. The highest BCUT2D eigenvalue weighted by Crippen LogP contribution is 2.18. The second kappa shape index (κ2) is 6.15. The third kappa shape index (κ3) is 3.53. The number of ether oxygens (including phenoxy) is 2. The molecule has 17 heavy (non-hydrogen) atoms. The van der Waals surface area contributed by atoms with Crippen LogP contribution in [0.5, 0.6) is 0 Å². The van der Waals surface area contributed by atoms with Crippen LogP contribution < -0.4 is 5.32 Å². The van der Waals surface area contributed by atoms with Crippen molar-refractivity contribution in [3.63, 3.8) is 0 Å². The fraction of sp³-hybridized carbons (Fsp3) is 0.571. The molecule has 0 bridgehead atoms. The van der Waals surface area contributed by atoms with E-state index in [4.69, 9.17) is 9.47 Å². The van der Waals surface area contributed by atoms with Gasteiger partial charge in [-0.3, -0.25) is 0 Å². The Labute approximate surface area is 103 Å². The summed E-state index contributed by atoms with van der Waals surface area (Å²) in [5.41, 5.74) is 1.36. The van der Waals surface area contributed by atoms with Gasteiger partial charge in [0.25, 0.3) is 0 Å². The number of nitrogens with one attached hydrogen (secondary N) is 1. The zero-order chi connectivity index (χ0) is 12.1. The fourth-order valence-electron chi connectivity index (χ4n) is 2.03. The van der Waals surface area contributed by atoms with Crippen LogP contribution in [0.15, 0.2) is 30.3 Å². The maximum Gasteiger partial charge on any atom is 0.170 e. The van der Waals surface area contributed by atoms with E-state index in [0.29, 0.717) is 12.0 Å². The molecule has 1 saturated heterocycles. The van der Waals surface area contributed by atoms with E-state index in [1.807, 2.05) is 0 Å². The van der Waals surface area contributed by atoms with Crippen molar-refractivity contribution in [2.24, 2.45) is 0 Å². The highest BCUT2D eigenvalue weighted by molar-refractivity contribution is 5.20. The predicted molar refractivity (Wildman–Crippen MR) is 68.0 cm³/mol. The van der Waals surface area contributed by atoms with E-state index in [1.165, 1.54) is 5.56 Å². The Morgan fingerprint density at radius 1 is 1.18 bits per heavy atom. The standard InChI is InChI=1S/C14H21NO2/c1-11(13-6-4-3-5-7-13)12(2)15-10-14-16-8-9-17-14/h3-7,11-12,14-15H,8-10H2,1-2H3/t11-,12+/m0/s1. The van der Waals surface area contributed by atoms with Crippen molar-refractivity contribution in [2.75, 3.05) is 19.8 Å². The SMILES string of the molecule is C[C@H](c1ccccc1)[C@@H](C)NCC1OCCO1. The topological polar surface area (TPSA) is 30.5 Å². The third-order valence-corrected chi connectivity index (χ3v) is 3.37. The summed E-state index contributed by atoms with van der Waals surface area (Å²) in [5.74, 6) is 0.484. The van der Waals surface area contributed by atoms with Crippen LogP contribution in [0.3, 0.4) is 0 Å². The predicted octanol–water partition coefficient (Wildman–Crippen LogP) is 2.14. The van der Waals surface area contributed by atoms with Crippen molar-refractivity contribution < 1.29 is 9.47 Å². The summed E-state index contributed by atoms with van der Waals surface area (Å²) in [6.45, 7) is 6.64. The molecule has 3 nitrogen and oxygen atoms in total. The lowest BCUT2D eigenvalue weighted by Crippen LogP contribution is -2.37. The first-order valence-corrected chi connectivity index (χ1v) is 6.29. The van der Waals surface area contributed by atoms with Crippen LogP contribution in [0.4, 0.5) is 0 Å². The van der Waals surface area contributed by atoms with Gasteiger partial charge in [0, 0.05) is 12.6 Å². The molecular weight excluding hydrogens is 214 g/mol. The molecule has 1 aliphatic rings. The van der Waals surface area contributed by atoms with Gasteiger partial charge < -0.3 is 14.8 Å². The lowest BCUT2D eigenvalue weighted by Gasteiger charge is -2.23. The Morgan fingerprint density at radius 2 is 1.82 bits per heavy atom. The van der Waals surface area contributed by atoms with E-state index in [-0.39, 0.29) is 6.29 Å². The molecule has 0 aliphatic carbocycles. The zero-order valence-corrected chi connectivity index (χ0v) is 10.6. The molecule has 0 radical (unpaired) electrons.